The molecule has 1 amide bonds. The Balaban J connectivity index is 1.57. The second-order valence-electron chi connectivity index (χ2n) is 8.53. The van der Waals surface area contributed by atoms with Gasteiger partial charge in [-0.2, -0.15) is 13.2 Å². The number of carbonyl (C=O) groups excluding carboxylic acids is 1. The van der Waals surface area contributed by atoms with Crippen molar-refractivity contribution in [3.63, 3.8) is 0 Å². The van der Waals surface area contributed by atoms with Gasteiger partial charge in [-0.1, -0.05) is 54.2 Å². The largest absolute Gasteiger partial charge is 0.418 e. The van der Waals surface area contributed by atoms with Crippen LogP contribution >= 0.6 is 11.8 Å². The van der Waals surface area contributed by atoms with Crippen molar-refractivity contribution in [2.75, 3.05) is 11.1 Å². The molecule has 0 fully saturated rings. The number of para-hydroxylation sites is 2. The molecule has 3 aromatic carbocycles. The topological polar surface area (TPSA) is 79.8 Å². The van der Waals surface area contributed by atoms with Crippen LogP contribution in [0.25, 0.3) is 27.6 Å². The fraction of sp³-hybridized carbons (Fsp3) is 0.148. The third-order valence-electron chi connectivity index (χ3n) is 6.15. The van der Waals surface area contributed by atoms with Crippen molar-refractivity contribution >= 4 is 45.3 Å². The van der Waals surface area contributed by atoms with Crippen LogP contribution in [0.5, 0.6) is 0 Å². The standard InChI is InChI=1S/C27H21F3N4O2S/c1-15-8-7-13-21(16(15)2)34-25(36)24-23(17-9-3-5-11-19(17)32-24)33-26(34)37-14-22(35)31-20-12-6-4-10-18(20)27(28,29)30/h3-13,32H,14H2,1-2H3,(H,31,35). The zero-order valence-electron chi connectivity index (χ0n) is 19.8. The molecule has 2 N–H and O–H groups in total. The summed E-state index contributed by atoms with van der Waals surface area (Å²) in [4.78, 5) is 34.3. The van der Waals surface area contributed by atoms with Crippen molar-refractivity contribution in [2.45, 2.75) is 25.2 Å². The minimum absolute atomic E-state index is 0.253. The second kappa shape index (κ2) is 9.44. The number of anilines is 1. The molecular weight excluding hydrogens is 501 g/mol. The number of H-pyrrole nitrogens is 1. The number of carbonyl (C=O) groups is 1. The van der Waals surface area contributed by atoms with E-state index in [1.807, 2.05) is 50.2 Å². The Morgan fingerprint density at radius 3 is 2.54 bits per heavy atom. The first-order valence-electron chi connectivity index (χ1n) is 11.3. The number of hydrogen-bond acceptors (Lipinski definition) is 4. The normalized spacial score (nSPS) is 11.8. The van der Waals surface area contributed by atoms with Crippen molar-refractivity contribution < 1.29 is 18.0 Å². The highest BCUT2D eigenvalue weighted by Crippen LogP contribution is 2.35. The monoisotopic (exact) mass is 522 g/mol. The molecular formula is C27H21F3N4O2S. The number of rotatable bonds is 5. The van der Waals surface area contributed by atoms with Crippen LogP contribution in [0.1, 0.15) is 16.7 Å². The van der Waals surface area contributed by atoms with Gasteiger partial charge in [-0.3, -0.25) is 14.2 Å². The van der Waals surface area contributed by atoms with E-state index in [9.17, 15) is 22.8 Å². The van der Waals surface area contributed by atoms with E-state index in [0.29, 0.717) is 16.7 Å². The molecule has 5 aromatic rings. The molecule has 0 atom stereocenters. The molecule has 188 valence electrons. The molecule has 0 saturated carbocycles. The molecule has 10 heteroatoms. The maximum atomic E-state index is 13.7. The molecule has 2 aromatic heterocycles. The van der Waals surface area contributed by atoms with E-state index in [1.54, 1.807) is 6.07 Å². The summed E-state index contributed by atoms with van der Waals surface area (Å²) in [6.07, 6.45) is -4.61. The van der Waals surface area contributed by atoms with Crippen LogP contribution in [0.2, 0.25) is 0 Å². The lowest BCUT2D eigenvalue weighted by molar-refractivity contribution is -0.137. The molecule has 0 spiro atoms. The lowest BCUT2D eigenvalue weighted by atomic mass is 10.1. The van der Waals surface area contributed by atoms with Crippen LogP contribution in [0.3, 0.4) is 0 Å². The van der Waals surface area contributed by atoms with Crippen LogP contribution in [0.15, 0.2) is 76.7 Å². The number of aryl methyl sites for hydroxylation is 1. The van der Waals surface area contributed by atoms with Gasteiger partial charge in [-0.15, -0.1) is 0 Å². The quantitative estimate of drug-likeness (QED) is 0.212. The number of alkyl halides is 3. The first kappa shape index (κ1) is 24.6. The van der Waals surface area contributed by atoms with Gasteiger partial charge in [-0.05, 0) is 49.2 Å². The minimum atomic E-state index is -4.61. The zero-order chi connectivity index (χ0) is 26.3. The number of aromatic amines is 1. The number of thioether (sulfide) groups is 1. The highest BCUT2D eigenvalue weighted by molar-refractivity contribution is 7.99. The molecule has 0 unspecified atom stereocenters. The Bertz CT molecular complexity index is 1720. The van der Waals surface area contributed by atoms with Gasteiger partial charge in [0.25, 0.3) is 5.56 Å². The first-order valence-corrected chi connectivity index (χ1v) is 12.3. The summed E-state index contributed by atoms with van der Waals surface area (Å²) < 4.78 is 41.5. The summed E-state index contributed by atoms with van der Waals surface area (Å²) in [6, 6.07) is 17.7. The van der Waals surface area contributed by atoms with Crippen LogP contribution in [-0.2, 0) is 11.0 Å². The third kappa shape index (κ3) is 4.60. The molecule has 0 saturated heterocycles. The predicted molar refractivity (Wildman–Crippen MR) is 139 cm³/mol. The number of benzene rings is 3. The van der Waals surface area contributed by atoms with Crippen molar-refractivity contribution in [3.8, 4) is 5.69 Å². The molecule has 5 rings (SSSR count). The predicted octanol–water partition coefficient (Wildman–Crippen LogP) is 6.23. The van der Waals surface area contributed by atoms with E-state index in [1.165, 1.54) is 22.8 Å². The van der Waals surface area contributed by atoms with E-state index in [4.69, 9.17) is 4.98 Å². The van der Waals surface area contributed by atoms with Gasteiger partial charge in [0.05, 0.1) is 22.7 Å². The summed E-state index contributed by atoms with van der Waals surface area (Å²) in [5.41, 5.74) is 2.40. The lowest BCUT2D eigenvalue weighted by Gasteiger charge is -2.16. The molecule has 0 radical (unpaired) electrons. The van der Waals surface area contributed by atoms with Crippen molar-refractivity contribution in [3.05, 3.63) is 93.8 Å². The first-order chi connectivity index (χ1) is 17.6. The number of nitrogens with one attached hydrogen (secondary N) is 2. The van der Waals surface area contributed by atoms with Gasteiger partial charge in [0.15, 0.2) is 5.16 Å². The van der Waals surface area contributed by atoms with Gasteiger partial charge >= 0.3 is 6.18 Å². The Kier molecular flexibility index (Phi) is 6.28. The SMILES string of the molecule is Cc1cccc(-n2c(SCC(=O)Nc3ccccc3C(F)(F)F)nc3c([nH]c4ccccc43)c2=O)c1C. The Morgan fingerprint density at radius 2 is 1.76 bits per heavy atom. The Hall–Kier alpha value is -4.05. The Labute approximate surface area is 213 Å². The maximum Gasteiger partial charge on any atom is 0.418 e. The summed E-state index contributed by atoms with van der Waals surface area (Å²) in [5, 5.41) is 3.36. The van der Waals surface area contributed by atoms with Crippen LogP contribution in [-0.4, -0.2) is 26.2 Å². The van der Waals surface area contributed by atoms with E-state index in [0.717, 1.165) is 39.9 Å². The number of nitrogens with zero attached hydrogens (tertiary/aromatic N) is 2. The maximum absolute atomic E-state index is 13.7. The smallest absolute Gasteiger partial charge is 0.349 e. The minimum Gasteiger partial charge on any atom is -0.349 e. The average molecular weight is 523 g/mol. The van der Waals surface area contributed by atoms with E-state index in [-0.39, 0.29) is 22.2 Å². The van der Waals surface area contributed by atoms with Gasteiger partial charge in [0.2, 0.25) is 5.91 Å². The highest BCUT2D eigenvalue weighted by Gasteiger charge is 2.33. The van der Waals surface area contributed by atoms with Gasteiger partial charge in [0, 0.05) is 10.9 Å². The van der Waals surface area contributed by atoms with Crippen molar-refractivity contribution in [2.24, 2.45) is 0 Å². The molecule has 0 aliphatic carbocycles. The van der Waals surface area contributed by atoms with E-state index >= 15 is 0 Å². The summed E-state index contributed by atoms with van der Waals surface area (Å²) in [7, 11) is 0. The lowest BCUT2D eigenvalue weighted by Crippen LogP contribution is -2.24. The molecule has 37 heavy (non-hydrogen) atoms. The fourth-order valence-electron chi connectivity index (χ4n) is 4.19. The van der Waals surface area contributed by atoms with Crippen LogP contribution in [0, 0.1) is 13.8 Å². The number of amides is 1. The van der Waals surface area contributed by atoms with Crippen LogP contribution in [0.4, 0.5) is 18.9 Å². The molecule has 0 aliphatic heterocycles. The fourth-order valence-corrected chi connectivity index (χ4v) is 4.98. The van der Waals surface area contributed by atoms with E-state index in [2.05, 4.69) is 10.3 Å². The number of hydrogen-bond donors (Lipinski definition) is 2. The molecule has 2 heterocycles. The summed E-state index contributed by atoms with van der Waals surface area (Å²) in [6.45, 7) is 3.82. The summed E-state index contributed by atoms with van der Waals surface area (Å²) in [5.74, 6) is -0.903. The number of halogens is 3. The van der Waals surface area contributed by atoms with Crippen molar-refractivity contribution in [1.82, 2.24) is 14.5 Å². The van der Waals surface area contributed by atoms with Crippen LogP contribution < -0.4 is 10.9 Å². The molecule has 6 nitrogen and oxygen atoms in total. The van der Waals surface area contributed by atoms with Gasteiger partial charge < -0.3 is 10.3 Å². The number of fused-ring (bicyclic) bond motifs is 3. The summed E-state index contributed by atoms with van der Waals surface area (Å²) >= 11 is 0.983. The number of aromatic nitrogens is 3. The average Bonchev–Trinajstić information content (AvgIpc) is 3.24. The molecule has 0 aliphatic rings. The third-order valence-corrected chi connectivity index (χ3v) is 7.09. The van der Waals surface area contributed by atoms with Gasteiger partial charge in [0.1, 0.15) is 11.0 Å². The second-order valence-corrected chi connectivity index (χ2v) is 9.47. The Morgan fingerprint density at radius 1 is 1.03 bits per heavy atom. The highest BCUT2D eigenvalue weighted by atomic mass is 32.2. The van der Waals surface area contributed by atoms with Gasteiger partial charge in [-0.25, -0.2) is 4.98 Å². The van der Waals surface area contributed by atoms with Crippen molar-refractivity contribution in [1.29, 1.82) is 0 Å². The molecule has 0 bridgehead atoms. The van der Waals surface area contributed by atoms with E-state index < -0.39 is 17.6 Å². The zero-order valence-corrected chi connectivity index (χ0v) is 20.6.